The zero-order chi connectivity index (χ0) is 12.1. The monoisotopic (exact) mass is 216 g/mol. The minimum atomic E-state index is -0.557. The van der Waals surface area contributed by atoms with Crippen molar-refractivity contribution >= 4 is 0 Å². The molecule has 3 heteroatoms. The molecule has 0 aromatic heterocycles. The van der Waals surface area contributed by atoms with Gasteiger partial charge in [-0.15, -0.1) is 0 Å². The average Bonchev–Trinajstić information content (AvgIpc) is 1.93. The Kier molecular flexibility index (Phi) is 5.78. The van der Waals surface area contributed by atoms with Gasteiger partial charge in [0.1, 0.15) is 0 Å². The second kappa shape index (κ2) is 5.83. The highest BCUT2D eigenvalue weighted by Crippen LogP contribution is 2.14. The van der Waals surface area contributed by atoms with E-state index in [0.29, 0.717) is 0 Å². The van der Waals surface area contributed by atoms with Crippen molar-refractivity contribution < 1.29 is 5.11 Å². The van der Waals surface area contributed by atoms with Gasteiger partial charge in [-0.3, -0.25) is 0 Å². The van der Waals surface area contributed by atoms with Crippen molar-refractivity contribution in [2.45, 2.75) is 39.7 Å². The van der Waals surface area contributed by atoms with Gasteiger partial charge in [0, 0.05) is 13.1 Å². The van der Waals surface area contributed by atoms with Crippen LogP contribution in [0.15, 0.2) is 0 Å². The molecule has 0 amide bonds. The summed E-state index contributed by atoms with van der Waals surface area (Å²) in [5.74, 6) is 0. The number of nitrogens with zero attached hydrogens (tertiary/aromatic N) is 1. The normalized spacial score (nSPS) is 13.6. The lowest BCUT2D eigenvalue weighted by Gasteiger charge is -2.29. The van der Waals surface area contributed by atoms with Crippen molar-refractivity contribution in [3.63, 3.8) is 0 Å². The predicted octanol–water partition coefficient (Wildman–Crippen LogP) is 1.32. The summed E-state index contributed by atoms with van der Waals surface area (Å²) >= 11 is 0. The standard InChI is InChI=1S/C12H28N2O/c1-11(2,10-14(5)6)9-13-8-7-12(3,4)15/h13,15H,7-10H2,1-6H3. The van der Waals surface area contributed by atoms with E-state index in [2.05, 4.69) is 38.2 Å². The Morgan fingerprint density at radius 1 is 1.13 bits per heavy atom. The highest BCUT2D eigenvalue weighted by molar-refractivity contribution is 4.75. The molecule has 0 aromatic carbocycles. The summed E-state index contributed by atoms with van der Waals surface area (Å²) in [5.41, 5.74) is -0.276. The fraction of sp³-hybridized carbons (Fsp3) is 1.00. The van der Waals surface area contributed by atoms with E-state index in [4.69, 9.17) is 0 Å². The fourth-order valence-corrected chi connectivity index (χ4v) is 1.73. The lowest BCUT2D eigenvalue weighted by molar-refractivity contribution is 0.0701. The third-order valence-corrected chi connectivity index (χ3v) is 2.26. The van der Waals surface area contributed by atoms with E-state index in [9.17, 15) is 5.11 Å². The van der Waals surface area contributed by atoms with Crippen LogP contribution in [-0.4, -0.2) is 49.3 Å². The quantitative estimate of drug-likeness (QED) is 0.630. The van der Waals surface area contributed by atoms with Crippen molar-refractivity contribution in [1.29, 1.82) is 0 Å². The van der Waals surface area contributed by atoms with Gasteiger partial charge < -0.3 is 15.3 Å². The predicted molar refractivity (Wildman–Crippen MR) is 66.1 cm³/mol. The van der Waals surface area contributed by atoms with Crippen LogP contribution in [-0.2, 0) is 0 Å². The van der Waals surface area contributed by atoms with Gasteiger partial charge in [0.05, 0.1) is 5.60 Å². The van der Waals surface area contributed by atoms with Crippen LogP contribution in [0, 0.1) is 5.41 Å². The second-order valence-electron chi connectivity index (χ2n) is 6.14. The van der Waals surface area contributed by atoms with Crippen LogP contribution in [0.4, 0.5) is 0 Å². The molecule has 0 spiro atoms. The first-order valence-corrected chi connectivity index (χ1v) is 5.70. The summed E-state index contributed by atoms with van der Waals surface area (Å²) < 4.78 is 0. The molecule has 0 radical (unpaired) electrons. The summed E-state index contributed by atoms with van der Waals surface area (Å²) in [4.78, 5) is 2.21. The minimum absolute atomic E-state index is 0.281. The van der Waals surface area contributed by atoms with Gasteiger partial charge in [-0.05, 0) is 46.3 Å². The molecular formula is C12H28N2O. The Morgan fingerprint density at radius 2 is 1.67 bits per heavy atom. The second-order valence-corrected chi connectivity index (χ2v) is 6.14. The van der Waals surface area contributed by atoms with Gasteiger partial charge in [-0.25, -0.2) is 0 Å². The molecule has 3 nitrogen and oxygen atoms in total. The third-order valence-electron chi connectivity index (χ3n) is 2.26. The van der Waals surface area contributed by atoms with E-state index in [-0.39, 0.29) is 5.41 Å². The van der Waals surface area contributed by atoms with Crippen molar-refractivity contribution in [1.82, 2.24) is 10.2 Å². The molecule has 15 heavy (non-hydrogen) atoms. The first kappa shape index (κ1) is 14.9. The number of hydrogen-bond donors (Lipinski definition) is 2. The summed E-state index contributed by atoms with van der Waals surface area (Å²) in [7, 11) is 4.19. The number of aliphatic hydroxyl groups is 1. The van der Waals surface area contributed by atoms with Crippen molar-refractivity contribution in [2.75, 3.05) is 33.7 Å². The van der Waals surface area contributed by atoms with Gasteiger partial charge >= 0.3 is 0 Å². The Bertz CT molecular complexity index is 171. The van der Waals surface area contributed by atoms with Crippen molar-refractivity contribution in [3.8, 4) is 0 Å². The van der Waals surface area contributed by atoms with E-state index in [1.807, 2.05) is 13.8 Å². The number of rotatable bonds is 7. The smallest absolute Gasteiger partial charge is 0.0603 e. The Balaban J connectivity index is 3.66. The number of hydrogen-bond acceptors (Lipinski definition) is 3. The SMILES string of the molecule is CN(C)CC(C)(C)CNCCC(C)(C)O. The fourth-order valence-electron chi connectivity index (χ4n) is 1.73. The van der Waals surface area contributed by atoms with Crippen LogP contribution in [0.25, 0.3) is 0 Å². The molecule has 0 heterocycles. The zero-order valence-corrected chi connectivity index (χ0v) is 11.2. The molecule has 0 rings (SSSR count). The molecule has 0 saturated carbocycles. The van der Waals surface area contributed by atoms with E-state index in [0.717, 1.165) is 26.1 Å². The van der Waals surface area contributed by atoms with Gasteiger partial charge in [-0.1, -0.05) is 13.8 Å². The third kappa shape index (κ3) is 10.2. The minimum Gasteiger partial charge on any atom is -0.390 e. The van der Waals surface area contributed by atoms with Crippen LogP contribution in [0.5, 0.6) is 0 Å². The summed E-state index contributed by atoms with van der Waals surface area (Å²) in [6, 6.07) is 0. The van der Waals surface area contributed by atoms with Gasteiger partial charge in [0.25, 0.3) is 0 Å². The van der Waals surface area contributed by atoms with Gasteiger partial charge in [0.2, 0.25) is 0 Å². The molecule has 2 N–H and O–H groups in total. The first-order valence-electron chi connectivity index (χ1n) is 5.70. The molecule has 0 atom stereocenters. The lowest BCUT2D eigenvalue weighted by atomic mass is 9.93. The Hall–Kier alpha value is -0.120. The van der Waals surface area contributed by atoms with Crippen molar-refractivity contribution in [2.24, 2.45) is 5.41 Å². The molecule has 0 aliphatic rings. The van der Waals surface area contributed by atoms with Crippen LogP contribution in [0.3, 0.4) is 0 Å². The van der Waals surface area contributed by atoms with Gasteiger partial charge in [0.15, 0.2) is 0 Å². The number of nitrogens with one attached hydrogen (secondary N) is 1. The Labute approximate surface area is 94.9 Å². The summed E-state index contributed by atoms with van der Waals surface area (Å²) in [5, 5.41) is 12.9. The molecule has 0 fully saturated rings. The largest absolute Gasteiger partial charge is 0.390 e. The van der Waals surface area contributed by atoms with Crippen LogP contribution in [0.2, 0.25) is 0 Å². The lowest BCUT2D eigenvalue weighted by Crippen LogP contribution is -2.39. The van der Waals surface area contributed by atoms with Crippen LogP contribution >= 0.6 is 0 Å². The van der Waals surface area contributed by atoms with E-state index >= 15 is 0 Å². The van der Waals surface area contributed by atoms with Crippen LogP contribution in [0.1, 0.15) is 34.1 Å². The summed E-state index contributed by atoms with van der Waals surface area (Å²) in [6.07, 6.45) is 0.797. The molecule has 0 aliphatic carbocycles. The molecule has 0 aromatic rings. The molecule has 0 aliphatic heterocycles. The highest BCUT2D eigenvalue weighted by Gasteiger charge is 2.19. The molecular weight excluding hydrogens is 188 g/mol. The molecule has 92 valence electrons. The highest BCUT2D eigenvalue weighted by atomic mass is 16.3. The van der Waals surface area contributed by atoms with E-state index < -0.39 is 5.60 Å². The van der Waals surface area contributed by atoms with Crippen molar-refractivity contribution in [3.05, 3.63) is 0 Å². The first-order chi connectivity index (χ1) is 6.62. The maximum Gasteiger partial charge on any atom is 0.0603 e. The topological polar surface area (TPSA) is 35.5 Å². The molecule has 0 bridgehead atoms. The maximum absolute atomic E-state index is 9.54. The zero-order valence-electron chi connectivity index (χ0n) is 11.2. The van der Waals surface area contributed by atoms with E-state index in [1.54, 1.807) is 0 Å². The van der Waals surface area contributed by atoms with E-state index in [1.165, 1.54) is 0 Å². The Morgan fingerprint density at radius 3 is 2.07 bits per heavy atom. The summed E-state index contributed by atoms with van der Waals surface area (Å²) in [6.45, 7) is 11.1. The van der Waals surface area contributed by atoms with Gasteiger partial charge in [-0.2, -0.15) is 0 Å². The molecule has 0 saturated heterocycles. The molecule has 0 unspecified atom stereocenters. The average molecular weight is 216 g/mol. The maximum atomic E-state index is 9.54. The van der Waals surface area contributed by atoms with Crippen LogP contribution < -0.4 is 5.32 Å².